The van der Waals surface area contributed by atoms with E-state index >= 15 is 0 Å². The monoisotopic (exact) mass is 412 g/mol. The van der Waals surface area contributed by atoms with Gasteiger partial charge in [-0.3, -0.25) is 0 Å². The molecule has 0 nitrogen and oxygen atoms in total. The zero-order valence-corrected chi connectivity index (χ0v) is 20.8. The molecule has 0 heteroatoms. The maximum atomic E-state index is 2.55. The van der Waals surface area contributed by atoms with Crippen LogP contribution in [0.4, 0.5) is 0 Å². The molecule has 0 saturated heterocycles. The Kier molecular flexibility index (Phi) is 16.8. The standard InChI is InChI=1S/C30H52/c1-5-9-12-15-17-20-23-29-27(8-4)25-26-28(22-19-14-11-7-3)30(29)24-21-18-16-13-10-6-2/h16,18-19,21-22,24-30H,5-15,17,20,23H2,1-4H3. The first-order chi connectivity index (χ1) is 14.8. The van der Waals surface area contributed by atoms with E-state index in [4.69, 9.17) is 0 Å². The minimum atomic E-state index is 0.579. The molecular formula is C30H52. The minimum Gasteiger partial charge on any atom is -0.0879 e. The van der Waals surface area contributed by atoms with Crippen molar-refractivity contribution in [2.75, 3.05) is 0 Å². The Morgan fingerprint density at radius 1 is 0.633 bits per heavy atom. The van der Waals surface area contributed by atoms with E-state index in [1.54, 1.807) is 0 Å². The molecule has 0 aromatic heterocycles. The maximum Gasteiger partial charge on any atom is 0.00125 e. The van der Waals surface area contributed by atoms with E-state index in [1.807, 2.05) is 0 Å². The molecule has 0 amide bonds. The number of unbranched alkanes of at least 4 members (excludes halogenated alkanes) is 9. The number of rotatable bonds is 17. The van der Waals surface area contributed by atoms with Crippen molar-refractivity contribution < 1.29 is 0 Å². The van der Waals surface area contributed by atoms with E-state index in [0.29, 0.717) is 11.8 Å². The number of hydrogen-bond acceptors (Lipinski definition) is 0. The van der Waals surface area contributed by atoms with Crippen LogP contribution in [-0.4, -0.2) is 0 Å². The van der Waals surface area contributed by atoms with Crippen molar-refractivity contribution in [2.45, 2.75) is 118 Å². The lowest BCUT2D eigenvalue weighted by atomic mass is 9.67. The molecule has 4 unspecified atom stereocenters. The Morgan fingerprint density at radius 3 is 2.00 bits per heavy atom. The third kappa shape index (κ3) is 11.4. The molecule has 0 fully saturated rings. The van der Waals surface area contributed by atoms with Gasteiger partial charge in [0.2, 0.25) is 0 Å². The van der Waals surface area contributed by atoms with Gasteiger partial charge in [0.05, 0.1) is 0 Å². The fraction of sp³-hybridized carbons (Fsp3) is 0.733. The summed E-state index contributed by atoms with van der Waals surface area (Å²) in [5.41, 5.74) is 0. The van der Waals surface area contributed by atoms with E-state index in [1.165, 1.54) is 89.9 Å². The first-order valence-electron chi connectivity index (χ1n) is 13.5. The molecule has 0 aromatic carbocycles. The largest absolute Gasteiger partial charge is 0.0879 e. The Labute approximate surface area is 190 Å². The fourth-order valence-corrected chi connectivity index (χ4v) is 4.85. The quantitative estimate of drug-likeness (QED) is 0.127. The zero-order chi connectivity index (χ0) is 21.9. The molecule has 0 N–H and O–H groups in total. The molecule has 1 aliphatic rings. The third-order valence-electron chi connectivity index (χ3n) is 6.82. The van der Waals surface area contributed by atoms with Gasteiger partial charge in [0, 0.05) is 5.92 Å². The summed E-state index contributed by atoms with van der Waals surface area (Å²) >= 11 is 0. The fourth-order valence-electron chi connectivity index (χ4n) is 4.85. The highest BCUT2D eigenvalue weighted by molar-refractivity contribution is 5.18. The Hall–Kier alpha value is -1.04. The third-order valence-corrected chi connectivity index (χ3v) is 6.82. The molecule has 0 radical (unpaired) electrons. The van der Waals surface area contributed by atoms with Crippen LogP contribution in [0.2, 0.25) is 0 Å². The van der Waals surface area contributed by atoms with Gasteiger partial charge in [-0.05, 0) is 43.4 Å². The topological polar surface area (TPSA) is 0 Å². The summed E-state index contributed by atoms with van der Waals surface area (Å²) in [4.78, 5) is 0. The van der Waals surface area contributed by atoms with Crippen molar-refractivity contribution in [1.82, 2.24) is 0 Å². The van der Waals surface area contributed by atoms with Crippen LogP contribution >= 0.6 is 0 Å². The summed E-state index contributed by atoms with van der Waals surface area (Å²) in [5.74, 6) is 2.78. The summed E-state index contributed by atoms with van der Waals surface area (Å²) in [6.07, 6.45) is 38.3. The molecule has 1 rings (SSSR count). The summed E-state index contributed by atoms with van der Waals surface area (Å²) in [7, 11) is 0. The van der Waals surface area contributed by atoms with Gasteiger partial charge in [0.25, 0.3) is 0 Å². The molecule has 0 aliphatic heterocycles. The highest BCUT2D eigenvalue weighted by atomic mass is 14.4. The van der Waals surface area contributed by atoms with Gasteiger partial charge in [-0.2, -0.15) is 0 Å². The van der Waals surface area contributed by atoms with Crippen LogP contribution < -0.4 is 0 Å². The Balaban J connectivity index is 2.81. The molecule has 0 spiro atoms. The lowest BCUT2D eigenvalue weighted by Crippen LogP contribution is -2.29. The number of allylic oxidation sites excluding steroid dienone is 8. The SMILES string of the molecule is CCCCC=CC=CC1C(C=CCCCC)C=CC(CC)C1CCCCCCCC. The summed E-state index contributed by atoms with van der Waals surface area (Å²) in [6, 6.07) is 0. The molecule has 4 atom stereocenters. The normalized spacial score (nSPS) is 24.7. The smallest absolute Gasteiger partial charge is 0.00125 e. The second-order valence-corrected chi connectivity index (χ2v) is 9.36. The average molecular weight is 413 g/mol. The van der Waals surface area contributed by atoms with Crippen LogP contribution in [0.3, 0.4) is 0 Å². The van der Waals surface area contributed by atoms with Crippen molar-refractivity contribution in [3.05, 3.63) is 48.6 Å². The molecule has 0 saturated carbocycles. The first kappa shape index (κ1) is 27.0. The maximum absolute atomic E-state index is 2.55. The van der Waals surface area contributed by atoms with Crippen molar-refractivity contribution in [3.63, 3.8) is 0 Å². The number of hydrogen-bond donors (Lipinski definition) is 0. The van der Waals surface area contributed by atoms with Crippen molar-refractivity contribution in [2.24, 2.45) is 23.7 Å². The minimum absolute atomic E-state index is 0.579. The zero-order valence-electron chi connectivity index (χ0n) is 20.8. The average Bonchev–Trinajstić information content (AvgIpc) is 2.76. The second kappa shape index (κ2) is 18.7. The van der Waals surface area contributed by atoms with Gasteiger partial charge in [0.15, 0.2) is 0 Å². The molecule has 30 heavy (non-hydrogen) atoms. The lowest BCUT2D eigenvalue weighted by molar-refractivity contribution is 0.230. The van der Waals surface area contributed by atoms with Gasteiger partial charge in [-0.25, -0.2) is 0 Å². The molecule has 0 heterocycles. The second-order valence-electron chi connectivity index (χ2n) is 9.36. The van der Waals surface area contributed by atoms with Gasteiger partial charge >= 0.3 is 0 Å². The van der Waals surface area contributed by atoms with E-state index in [9.17, 15) is 0 Å². The molecule has 172 valence electrons. The van der Waals surface area contributed by atoms with Crippen molar-refractivity contribution in [1.29, 1.82) is 0 Å². The van der Waals surface area contributed by atoms with E-state index in [0.717, 1.165) is 11.8 Å². The summed E-state index contributed by atoms with van der Waals surface area (Å²) in [6.45, 7) is 9.24. The predicted octanol–water partition coefficient (Wildman–Crippen LogP) is 10.2. The molecular weight excluding hydrogens is 360 g/mol. The van der Waals surface area contributed by atoms with Gasteiger partial charge < -0.3 is 0 Å². The van der Waals surface area contributed by atoms with E-state index < -0.39 is 0 Å². The van der Waals surface area contributed by atoms with Crippen LogP contribution in [0, 0.1) is 23.7 Å². The molecule has 0 aromatic rings. The highest BCUT2D eigenvalue weighted by Crippen LogP contribution is 2.40. The summed E-state index contributed by atoms with van der Waals surface area (Å²) in [5, 5.41) is 0. The van der Waals surface area contributed by atoms with Gasteiger partial charge in [-0.1, -0.05) is 141 Å². The van der Waals surface area contributed by atoms with Crippen LogP contribution in [-0.2, 0) is 0 Å². The lowest BCUT2D eigenvalue weighted by Gasteiger charge is -2.37. The van der Waals surface area contributed by atoms with Gasteiger partial charge in [-0.15, -0.1) is 0 Å². The van der Waals surface area contributed by atoms with E-state index in [-0.39, 0.29) is 0 Å². The first-order valence-corrected chi connectivity index (χ1v) is 13.5. The molecule has 1 aliphatic carbocycles. The predicted molar refractivity (Wildman–Crippen MR) is 138 cm³/mol. The Bertz CT molecular complexity index is 492. The van der Waals surface area contributed by atoms with Gasteiger partial charge in [0.1, 0.15) is 0 Å². The van der Waals surface area contributed by atoms with Crippen molar-refractivity contribution in [3.8, 4) is 0 Å². The van der Waals surface area contributed by atoms with E-state index in [2.05, 4.69) is 76.3 Å². The van der Waals surface area contributed by atoms with Crippen LogP contribution in [0.25, 0.3) is 0 Å². The molecule has 0 bridgehead atoms. The Morgan fingerprint density at radius 2 is 1.30 bits per heavy atom. The van der Waals surface area contributed by atoms with Crippen LogP contribution in [0.1, 0.15) is 118 Å². The van der Waals surface area contributed by atoms with Crippen LogP contribution in [0.15, 0.2) is 48.6 Å². The summed E-state index contributed by atoms with van der Waals surface area (Å²) < 4.78 is 0. The highest BCUT2D eigenvalue weighted by Gasteiger charge is 2.32. The van der Waals surface area contributed by atoms with Crippen molar-refractivity contribution >= 4 is 0 Å². The van der Waals surface area contributed by atoms with Crippen LogP contribution in [0.5, 0.6) is 0 Å².